The molecule has 0 spiro atoms. The first-order valence-electron chi connectivity index (χ1n) is 10.3. The number of ether oxygens (including phenoxy) is 1. The molecule has 0 atom stereocenters. The summed E-state index contributed by atoms with van der Waals surface area (Å²) in [7, 11) is 1.53. The lowest BCUT2D eigenvalue weighted by Crippen LogP contribution is -2.23. The molecule has 0 radical (unpaired) electrons. The third-order valence-electron chi connectivity index (χ3n) is 4.84. The first kappa shape index (κ1) is 22.9. The molecule has 0 fully saturated rings. The molecule has 0 aliphatic rings. The summed E-state index contributed by atoms with van der Waals surface area (Å²) in [6.45, 7) is 6.65. The molecule has 0 aliphatic heterocycles. The Balaban J connectivity index is 1.68. The molecule has 0 unspecified atom stereocenters. The fourth-order valence-corrected chi connectivity index (χ4v) is 3.10. The second-order valence-electron chi connectivity index (χ2n) is 8.38. The van der Waals surface area contributed by atoms with Crippen LogP contribution >= 0.6 is 0 Å². The highest BCUT2D eigenvalue weighted by atomic mass is 16.5. The molecule has 0 saturated heterocycles. The molecule has 2 amide bonds. The van der Waals surface area contributed by atoms with E-state index in [9.17, 15) is 9.59 Å². The van der Waals surface area contributed by atoms with E-state index in [-0.39, 0.29) is 24.3 Å². The minimum Gasteiger partial charge on any atom is -0.494 e. The van der Waals surface area contributed by atoms with Crippen LogP contribution in [-0.4, -0.2) is 35.7 Å². The van der Waals surface area contributed by atoms with E-state index in [0.29, 0.717) is 35.1 Å². The predicted molar refractivity (Wildman–Crippen MR) is 123 cm³/mol. The number of carbonyl (C=O) groups is 2. The Morgan fingerprint density at radius 1 is 1.16 bits per heavy atom. The van der Waals surface area contributed by atoms with E-state index in [0.717, 1.165) is 5.52 Å². The van der Waals surface area contributed by atoms with Crippen LogP contribution in [0.2, 0.25) is 0 Å². The van der Waals surface area contributed by atoms with Gasteiger partial charge in [-0.2, -0.15) is 4.98 Å². The average molecular weight is 441 g/mol. The van der Waals surface area contributed by atoms with Crippen molar-refractivity contribution in [2.24, 2.45) is 0 Å². The van der Waals surface area contributed by atoms with Gasteiger partial charge >= 0.3 is 6.09 Å². The normalized spacial score (nSPS) is 11.2. The molecular weight excluding hydrogens is 412 g/mol. The second kappa shape index (κ2) is 9.59. The SMILES string of the molecule is COc1cc(NC(=O)CCCNC(=O)O)ccc1Nc1nc2cc(C(C)(C)C)ccc2o1. The first-order chi connectivity index (χ1) is 15.2. The van der Waals surface area contributed by atoms with Crippen LogP contribution in [-0.2, 0) is 10.2 Å². The number of hydrogen-bond donors (Lipinski definition) is 4. The molecule has 1 aromatic heterocycles. The summed E-state index contributed by atoms with van der Waals surface area (Å²) in [6, 6.07) is 11.5. The summed E-state index contributed by atoms with van der Waals surface area (Å²) in [5.74, 6) is 0.293. The monoisotopic (exact) mass is 440 g/mol. The number of oxazole rings is 1. The fourth-order valence-electron chi connectivity index (χ4n) is 3.10. The zero-order valence-electron chi connectivity index (χ0n) is 18.6. The van der Waals surface area contributed by atoms with Crippen molar-refractivity contribution < 1.29 is 23.8 Å². The summed E-state index contributed by atoms with van der Waals surface area (Å²) in [5.41, 5.74) is 3.83. The quantitative estimate of drug-likeness (QED) is 0.368. The van der Waals surface area contributed by atoms with Gasteiger partial charge in [-0.05, 0) is 41.7 Å². The number of anilines is 3. The largest absolute Gasteiger partial charge is 0.494 e. The van der Waals surface area contributed by atoms with Crippen LogP contribution in [0.1, 0.15) is 39.2 Å². The van der Waals surface area contributed by atoms with Crippen LogP contribution in [0.25, 0.3) is 11.1 Å². The standard InChI is InChI=1S/C23H28N4O5/c1-23(2,3)14-7-10-18-17(12-14)27-21(32-18)26-16-9-8-15(13-19(16)31-4)25-20(28)6-5-11-24-22(29)30/h7-10,12-13,24H,5-6,11H2,1-4H3,(H,25,28)(H,26,27)(H,29,30). The van der Waals surface area contributed by atoms with Gasteiger partial charge in [0.1, 0.15) is 11.3 Å². The molecule has 9 heteroatoms. The Morgan fingerprint density at radius 2 is 1.94 bits per heavy atom. The Morgan fingerprint density at radius 3 is 2.62 bits per heavy atom. The fraction of sp³-hybridized carbons (Fsp3) is 0.348. The molecule has 3 rings (SSSR count). The zero-order valence-corrected chi connectivity index (χ0v) is 18.6. The number of aromatic nitrogens is 1. The van der Waals surface area contributed by atoms with Crippen LogP contribution in [0.5, 0.6) is 5.75 Å². The van der Waals surface area contributed by atoms with Crippen LogP contribution in [0.3, 0.4) is 0 Å². The van der Waals surface area contributed by atoms with E-state index < -0.39 is 6.09 Å². The average Bonchev–Trinajstić information content (AvgIpc) is 3.13. The van der Waals surface area contributed by atoms with Gasteiger partial charge in [-0.3, -0.25) is 4.79 Å². The van der Waals surface area contributed by atoms with Crippen molar-refractivity contribution in [3.05, 3.63) is 42.0 Å². The van der Waals surface area contributed by atoms with E-state index in [1.807, 2.05) is 18.2 Å². The highest BCUT2D eigenvalue weighted by Gasteiger charge is 2.16. The molecular formula is C23H28N4O5. The van der Waals surface area contributed by atoms with Crippen LogP contribution in [0.15, 0.2) is 40.8 Å². The molecule has 32 heavy (non-hydrogen) atoms. The molecule has 4 N–H and O–H groups in total. The summed E-state index contributed by atoms with van der Waals surface area (Å²) < 4.78 is 11.3. The molecule has 2 aromatic carbocycles. The number of nitrogens with one attached hydrogen (secondary N) is 3. The number of hydrogen-bond acceptors (Lipinski definition) is 6. The number of fused-ring (bicyclic) bond motifs is 1. The topological polar surface area (TPSA) is 126 Å². The summed E-state index contributed by atoms with van der Waals surface area (Å²) in [5, 5.41) is 16.7. The summed E-state index contributed by atoms with van der Waals surface area (Å²) in [4.78, 5) is 27.0. The highest BCUT2D eigenvalue weighted by molar-refractivity contribution is 5.91. The first-order valence-corrected chi connectivity index (χ1v) is 10.3. The van der Waals surface area contributed by atoms with Gasteiger partial charge in [0, 0.05) is 24.7 Å². The third kappa shape index (κ3) is 5.90. The molecule has 1 heterocycles. The molecule has 170 valence electrons. The van der Waals surface area contributed by atoms with Gasteiger partial charge in [-0.25, -0.2) is 4.79 Å². The van der Waals surface area contributed by atoms with E-state index in [4.69, 9.17) is 14.3 Å². The minimum absolute atomic E-state index is 0.0109. The highest BCUT2D eigenvalue weighted by Crippen LogP contribution is 2.32. The number of carbonyl (C=O) groups excluding carboxylic acids is 1. The maximum Gasteiger partial charge on any atom is 0.404 e. The maximum atomic E-state index is 12.1. The zero-order chi connectivity index (χ0) is 23.3. The number of nitrogens with zero attached hydrogens (tertiary/aromatic N) is 1. The van der Waals surface area contributed by atoms with Crippen molar-refractivity contribution in [3.63, 3.8) is 0 Å². The van der Waals surface area contributed by atoms with Gasteiger partial charge in [-0.15, -0.1) is 0 Å². The number of rotatable bonds is 8. The van der Waals surface area contributed by atoms with Crippen molar-refractivity contribution in [2.45, 2.75) is 39.0 Å². The molecule has 0 bridgehead atoms. The predicted octanol–water partition coefficient (Wildman–Crippen LogP) is 4.86. The lowest BCUT2D eigenvalue weighted by molar-refractivity contribution is -0.116. The molecule has 0 saturated carbocycles. The lowest BCUT2D eigenvalue weighted by atomic mass is 9.87. The van der Waals surface area contributed by atoms with E-state index in [2.05, 4.69) is 41.7 Å². The van der Waals surface area contributed by atoms with Gasteiger partial charge < -0.3 is 30.2 Å². The van der Waals surface area contributed by atoms with Crippen molar-refractivity contribution in [1.82, 2.24) is 10.3 Å². The van der Waals surface area contributed by atoms with Crippen LogP contribution in [0.4, 0.5) is 22.2 Å². The van der Waals surface area contributed by atoms with Crippen molar-refractivity contribution >= 4 is 40.5 Å². The number of benzene rings is 2. The third-order valence-corrected chi connectivity index (χ3v) is 4.84. The Labute approximate surface area is 186 Å². The molecule has 9 nitrogen and oxygen atoms in total. The van der Waals surface area contributed by atoms with Crippen LogP contribution < -0.4 is 20.7 Å². The van der Waals surface area contributed by atoms with Gasteiger partial charge in [0.05, 0.1) is 12.8 Å². The number of methoxy groups -OCH3 is 1. The van der Waals surface area contributed by atoms with E-state index >= 15 is 0 Å². The number of carboxylic acid groups (broad SMARTS) is 1. The summed E-state index contributed by atoms with van der Waals surface area (Å²) in [6.07, 6.45) is -0.502. The van der Waals surface area contributed by atoms with Gasteiger partial charge in [0.2, 0.25) is 5.91 Å². The maximum absolute atomic E-state index is 12.1. The smallest absolute Gasteiger partial charge is 0.404 e. The Bertz CT molecular complexity index is 1120. The van der Waals surface area contributed by atoms with Crippen molar-refractivity contribution in [1.29, 1.82) is 0 Å². The van der Waals surface area contributed by atoms with Crippen molar-refractivity contribution in [2.75, 3.05) is 24.3 Å². The Hall–Kier alpha value is -3.75. The molecule has 0 aliphatic carbocycles. The second-order valence-corrected chi connectivity index (χ2v) is 8.38. The number of amides is 2. The molecule has 3 aromatic rings. The van der Waals surface area contributed by atoms with Crippen LogP contribution in [0, 0.1) is 0 Å². The Kier molecular flexibility index (Phi) is 6.87. The van der Waals surface area contributed by atoms with Crippen molar-refractivity contribution in [3.8, 4) is 5.75 Å². The van der Waals surface area contributed by atoms with Gasteiger partial charge in [0.25, 0.3) is 6.01 Å². The van der Waals surface area contributed by atoms with Gasteiger partial charge in [-0.1, -0.05) is 26.8 Å². The van der Waals surface area contributed by atoms with E-state index in [1.165, 1.54) is 12.7 Å². The summed E-state index contributed by atoms with van der Waals surface area (Å²) >= 11 is 0. The lowest BCUT2D eigenvalue weighted by Gasteiger charge is -2.18. The van der Waals surface area contributed by atoms with E-state index in [1.54, 1.807) is 18.2 Å². The minimum atomic E-state index is -1.10. The van der Waals surface area contributed by atoms with Gasteiger partial charge in [0.15, 0.2) is 5.58 Å².